The molecule has 9 aromatic carbocycles. The number of fused-ring (bicyclic) bond motifs is 6. The molecule has 0 aliphatic carbocycles. The molecule has 0 radical (unpaired) electrons. The fraction of sp³-hybridized carbons (Fsp3) is 0. The van der Waals surface area contributed by atoms with Crippen LogP contribution in [0.1, 0.15) is 0 Å². The molecule has 3 heteroatoms. The summed E-state index contributed by atoms with van der Waals surface area (Å²) in [4.78, 5) is 10.2. The minimum Gasteiger partial charge on any atom is -0.455 e. The fourth-order valence-corrected chi connectivity index (χ4v) is 8.25. The highest BCUT2D eigenvalue weighted by Gasteiger charge is 2.19. The molecule has 0 N–H and O–H groups in total. The van der Waals surface area contributed by atoms with Crippen molar-refractivity contribution in [2.45, 2.75) is 0 Å². The Bertz CT molecular complexity index is 3270. The molecule has 11 aromatic rings. The van der Waals surface area contributed by atoms with Crippen molar-refractivity contribution in [3.63, 3.8) is 0 Å². The first-order valence-electron chi connectivity index (χ1n) is 19.3. The molecule has 0 bridgehead atoms. The van der Waals surface area contributed by atoms with Crippen LogP contribution in [-0.2, 0) is 0 Å². The van der Waals surface area contributed by atoms with E-state index in [1.165, 1.54) is 32.8 Å². The minimum absolute atomic E-state index is 0.696. The monoisotopic (exact) mass is 726 g/mol. The molecular formula is C54H34N2O. The lowest BCUT2D eigenvalue weighted by molar-refractivity contribution is 0.673. The van der Waals surface area contributed by atoms with Crippen LogP contribution in [0, 0.1) is 0 Å². The van der Waals surface area contributed by atoms with Crippen molar-refractivity contribution in [1.82, 2.24) is 9.97 Å². The second-order valence-corrected chi connectivity index (χ2v) is 14.5. The summed E-state index contributed by atoms with van der Waals surface area (Å²) in [6.45, 7) is 0. The van der Waals surface area contributed by atoms with Crippen molar-refractivity contribution in [2.75, 3.05) is 0 Å². The van der Waals surface area contributed by atoms with Crippen molar-refractivity contribution in [3.8, 4) is 67.3 Å². The molecule has 0 fully saturated rings. The zero-order valence-corrected chi connectivity index (χ0v) is 30.9. The smallest absolute Gasteiger partial charge is 0.160 e. The lowest BCUT2D eigenvalue weighted by atomic mass is 9.92. The number of nitrogens with zero attached hydrogens (tertiary/aromatic N) is 2. The number of hydrogen-bond donors (Lipinski definition) is 0. The van der Waals surface area contributed by atoms with Crippen LogP contribution in [0.15, 0.2) is 211 Å². The molecule has 0 spiro atoms. The van der Waals surface area contributed by atoms with Crippen LogP contribution in [0.4, 0.5) is 0 Å². The largest absolute Gasteiger partial charge is 0.455 e. The van der Waals surface area contributed by atoms with Crippen molar-refractivity contribution < 1.29 is 4.42 Å². The molecule has 0 amide bonds. The summed E-state index contributed by atoms with van der Waals surface area (Å²) in [6.07, 6.45) is 0. The molecule has 0 aliphatic heterocycles. The third-order valence-corrected chi connectivity index (χ3v) is 11.1. The summed E-state index contributed by atoms with van der Waals surface area (Å²) in [7, 11) is 0. The number of rotatable bonds is 6. The van der Waals surface area contributed by atoms with Gasteiger partial charge < -0.3 is 4.42 Å². The summed E-state index contributed by atoms with van der Waals surface area (Å²) in [5.41, 5.74) is 13.5. The molecule has 2 aromatic heterocycles. The first-order chi connectivity index (χ1) is 28.2. The summed E-state index contributed by atoms with van der Waals surface area (Å²) in [5.74, 6) is 0.696. The third-order valence-electron chi connectivity index (χ3n) is 11.1. The Morgan fingerprint density at radius 3 is 1.74 bits per heavy atom. The molecule has 0 saturated heterocycles. The van der Waals surface area contributed by atoms with E-state index in [4.69, 9.17) is 14.4 Å². The quantitative estimate of drug-likeness (QED) is 0.171. The van der Waals surface area contributed by atoms with Crippen molar-refractivity contribution in [2.24, 2.45) is 0 Å². The number of hydrogen-bond acceptors (Lipinski definition) is 3. The zero-order chi connectivity index (χ0) is 37.7. The summed E-state index contributed by atoms with van der Waals surface area (Å²) < 4.78 is 6.71. The highest BCUT2D eigenvalue weighted by atomic mass is 16.3. The van der Waals surface area contributed by atoms with Crippen LogP contribution in [0.25, 0.3) is 111 Å². The fourth-order valence-electron chi connectivity index (χ4n) is 8.25. The van der Waals surface area contributed by atoms with Gasteiger partial charge >= 0.3 is 0 Å². The summed E-state index contributed by atoms with van der Waals surface area (Å²) in [5, 5.41) is 6.97. The maximum Gasteiger partial charge on any atom is 0.160 e. The van der Waals surface area contributed by atoms with Gasteiger partial charge in [0.25, 0.3) is 0 Å². The van der Waals surface area contributed by atoms with Gasteiger partial charge in [0, 0.05) is 32.8 Å². The summed E-state index contributed by atoms with van der Waals surface area (Å²) in [6, 6.07) is 72.7. The van der Waals surface area contributed by atoms with E-state index in [0.29, 0.717) is 5.82 Å². The van der Waals surface area contributed by atoms with Gasteiger partial charge in [0.1, 0.15) is 11.2 Å². The average molecular weight is 727 g/mol. The Labute approximate surface area is 330 Å². The van der Waals surface area contributed by atoms with E-state index < -0.39 is 0 Å². The molecule has 0 unspecified atom stereocenters. The normalized spacial score (nSPS) is 11.5. The Morgan fingerprint density at radius 2 is 0.930 bits per heavy atom. The predicted molar refractivity (Wildman–Crippen MR) is 237 cm³/mol. The van der Waals surface area contributed by atoms with Gasteiger partial charge in [-0.25, -0.2) is 9.97 Å². The molecule has 0 aliphatic rings. The molecule has 266 valence electrons. The first-order valence-corrected chi connectivity index (χ1v) is 19.3. The van der Waals surface area contributed by atoms with E-state index in [1.54, 1.807) is 0 Å². The molecule has 0 saturated carbocycles. The van der Waals surface area contributed by atoms with Gasteiger partial charge in [-0.3, -0.25) is 0 Å². The van der Waals surface area contributed by atoms with Gasteiger partial charge in [-0.2, -0.15) is 0 Å². The Morgan fingerprint density at radius 1 is 0.316 bits per heavy atom. The van der Waals surface area contributed by atoms with Gasteiger partial charge in [-0.15, -0.1) is 0 Å². The van der Waals surface area contributed by atoms with Crippen LogP contribution in [0.5, 0.6) is 0 Å². The lowest BCUT2D eigenvalue weighted by Crippen LogP contribution is -1.96. The number of furan rings is 1. The van der Waals surface area contributed by atoms with E-state index in [0.717, 1.165) is 72.1 Å². The van der Waals surface area contributed by atoms with Crippen LogP contribution in [-0.4, -0.2) is 9.97 Å². The van der Waals surface area contributed by atoms with Crippen molar-refractivity contribution in [3.05, 3.63) is 206 Å². The third kappa shape index (κ3) is 5.85. The molecule has 3 nitrogen and oxygen atoms in total. The predicted octanol–water partition coefficient (Wildman–Crippen LogP) is 14.7. The van der Waals surface area contributed by atoms with E-state index in [-0.39, 0.29) is 0 Å². The molecular weight excluding hydrogens is 693 g/mol. The first kappa shape index (κ1) is 32.8. The van der Waals surface area contributed by atoms with Crippen LogP contribution < -0.4 is 0 Å². The Kier molecular flexibility index (Phi) is 7.82. The van der Waals surface area contributed by atoms with Gasteiger partial charge in [0.15, 0.2) is 5.82 Å². The van der Waals surface area contributed by atoms with E-state index in [1.807, 2.05) is 24.3 Å². The van der Waals surface area contributed by atoms with E-state index in [2.05, 4.69) is 182 Å². The number of benzene rings is 9. The standard InChI is InChI=1S/C54H34N2O/c1-3-13-35(14-4-1)41-19-11-20-43(32-41)50-34-49(55-54(56-50)39-16-5-2-6-17-39)38-28-26-37(27-29-38)44-23-12-24-51-52(44)48-33-47(45-21-9-10-22-46(45)53(48)57-51)42-30-25-36-15-7-8-18-40(36)31-42/h1-34H. The Balaban J connectivity index is 1.04. The van der Waals surface area contributed by atoms with Crippen LogP contribution in [0.2, 0.25) is 0 Å². The van der Waals surface area contributed by atoms with Gasteiger partial charge in [0.2, 0.25) is 0 Å². The second-order valence-electron chi connectivity index (χ2n) is 14.5. The second kappa shape index (κ2) is 13.6. The van der Waals surface area contributed by atoms with E-state index >= 15 is 0 Å². The molecule has 57 heavy (non-hydrogen) atoms. The van der Waals surface area contributed by atoms with Crippen molar-refractivity contribution in [1.29, 1.82) is 0 Å². The molecule has 2 heterocycles. The van der Waals surface area contributed by atoms with Crippen LogP contribution >= 0.6 is 0 Å². The average Bonchev–Trinajstić information content (AvgIpc) is 3.68. The highest BCUT2D eigenvalue weighted by Crippen LogP contribution is 2.43. The van der Waals surface area contributed by atoms with Gasteiger partial charge in [0.05, 0.1) is 11.4 Å². The van der Waals surface area contributed by atoms with E-state index in [9.17, 15) is 0 Å². The minimum atomic E-state index is 0.696. The van der Waals surface area contributed by atoms with Crippen molar-refractivity contribution >= 4 is 43.5 Å². The maximum atomic E-state index is 6.71. The summed E-state index contributed by atoms with van der Waals surface area (Å²) >= 11 is 0. The maximum absolute atomic E-state index is 6.71. The highest BCUT2D eigenvalue weighted by molar-refractivity contribution is 6.22. The van der Waals surface area contributed by atoms with Gasteiger partial charge in [-0.1, -0.05) is 176 Å². The topological polar surface area (TPSA) is 38.9 Å². The zero-order valence-electron chi connectivity index (χ0n) is 30.9. The van der Waals surface area contributed by atoms with Gasteiger partial charge in [-0.05, 0) is 79.9 Å². The lowest BCUT2D eigenvalue weighted by Gasteiger charge is -2.12. The SMILES string of the molecule is c1ccc(-c2cccc(-c3cc(-c4ccc(-c5cccc6oc7c8ccccc8c(-c8ccc9ccccc9c8)cc7c56)cc4)nc(-c4ccccc4)n3)c2)cc1. The van der Waals surface area contributed by atoms with Crippen LogP contribution in [0.3, 0.4) is 0 Å². The molecule has 11 rings (SSSR count). The molecule has 0 atom stereocenters. The Hall–Kier alpha value is -7.62. The number of aromatic nitrogens is 2.